The Morgan fingerprint density at radius 1 is 1.16 bits per heavy atom. The van der Waals surface area contributed by atoms with E-state index in [2.05, 4.69) is 40.7 Å². The molecule has 1 unspecified atom stereocenters. The van der Waals surface area contributed by atoms with E-state index in [4.69, 9.17) is 16.6 Å². The zero-order valence-corrected chi connectivity index (χ0v) is 15.4. The number of benzene rings is 1. The molecule has 2 aliphatic heterocycles. The van der Waals surface area contributed by atoms with Crippen LogP contribution in [0, 0.1) is 6.92 Å². The minimum atomic E-state index is 0.453. The Kier molecular flexibility index (Phi) is 4.77. The molecule has 4 nitrogen and oxygen atoms in total. The monoisotopic (exact) mass is 355 g/mol. The fraction of sp³-hybridized carbons (Fsp3) is 0.450. The van der Waals surface area contributed by atoms with Gasteiger partial charge >= 0.3 is 0 Å². The van der Waals surface area contributed by atoms with Crippen molar-refractivity contribution >= 4 is 23.0 Å². The lowest BCUT2D eigenvalue weighted by molar-refractivity contribution is 0.106. The van der Waals surface area contributed by atoms with Crippen LogP contribution in [0.25, 0.3) is 0 Å². The highest BCUT2D eigenvalue weighted by Gasteiger charge is 2.41. The standard InChI is InChI=1S/C20H25N3OS/c1-14-5-2-3-7-19(14)22-20(25)21-15-11-16-8-9-17(12-15)23(16)13-18-6-4-10-24-18/h2-7,10,15-17H,8-9,11-13H2,1H3,(H2,21,22,25)/t15?,16-,17+. The van der Waals surface area contributed by atoms with Gasteiger partial charge in [0.25, 0.3) is 0 Å². The number of thiocarbonyl (C=S) groups is 1. The van der Waals surface area contributed by atoms with Gasteiger partial charge < -0.3 is 15.1 Å². The first kappa shape index (κ1) is 16.6. The number of aryl methyl sites for hydroxylation is 1. The zero-order valence-electron chi connectivity index (χ0n) is 14.6. The summed E-state index contributed by atoms with van der Waals surface area (Å²) < 4.78 is 5.54. The number of fused-ring (bicyclic) bond motifs is 2. The second-order valence-electron chi connectivity index (χ2n) is 7.22. The van der Waals surface area contributed by atoms with Crippen molar-refractivity contribution in [2.75, 3.05) is 5.32 Å². The van der Waals surface area contributed by atoms with E-state index in [9.17, 15) is 0 Å². The van der Waals surface area contributed by atoms with Crippen LogP contribution < -0.4 is 10.6 Å². The van der Waals surface area contributed by atoms with Gasteiger partial charge in [-0.1, -0.05) is 18.2 Å². The second-order valence-corrected chi connectivity index (χ2v) is 7.63. The maximum atomic E-state index is 5.55. The molecule has 5 heteroatoms. The molecule has 1 aromatic carbocycles. The molecule has 2 fully saturated rings. The number of hydrogen-bond acceptors (Lipinski definition) is 3. The summed E-state index contributed by atoms with van der Waals surface area (Å²) in [7, 11) is 0. The van der Waals surface area contributed by atoms with Crippen LogP contribution in [0.4, 0.5) is 5.69 Å². The van der Waals surface area contributed by atoms with E-state index < -0.39 is 0 Å². The minimum absolute atomic E-state index is 0.453. The number of rotatable bonds is 4. The van der Waals surface area contributed by atoms with Crippen molar-refractivity contribution in [1.82, 2.24) is 10.2 Å². The van der Waals surface area contributed by atoms with Gasteiger partial charge in [-0.25, -0.2) is 0 Å². The Hall–Kier alpha value is -1.85. The fourth-order valence-corrected chi connectivity index (χ4v) is 4.57. The smallest absolute Gasteiger partial charge is 0.171 e. The second kappa shape index (κ2) is 7.18. The molecule has 2 aliphatic rings. The predicted octanol–water partition coefficient (Wildman–Crippen LogP) is 4.07. The van der Waals surface area contributed by atoms with E-state index in [-0.39, 0.29) is 0 Å². The molecular formula is C20H25N3OS. The summed E-state index contributed by atoms with van der Waals surface area (Å²) in [5.41, 5.74) is 2.29. The molecule has 4 rings (SSSR count). The molecule has 2 N–H and O–H groups in total. The molecule has 0 aliphatic carbocycles. The van der Waals surface area contributed by atoms with Gasteiger partial charge in [-0.2, -0.15) is 0 Å². The topological polar surface area (TPSA) is 40.4 Å². The highest BCUT2D eigenvalue weighted by atomic mass is 32.1. The first-order valence-corrected chi connectivity index (χ1v) is 9.51. The number of para-hydroxylation sites is 1. The Morgan fingerprint density at radius 3 is 2.60 bits per heavy atom. The fourth-order valence-electron chi connectivity index (χ4n) is 4.29. The lowest BCUT2D eigenvalue weighted by Crippen LogP contribution is -2.50. The summed E-state index contributed by atoms with van der Waals surface area (Å²) in [4.78, 5) is 2.62. The number of nitrogens with zero attached hydrogens (tertiary/aromatic N) is 1. The van der Waals surface area contributed by atoms with Gasteiger partial charge in [0.15, 0.2) is 5.11 Å². The maximum absolute atomic E-state index is 5.55. The van der Waals surface area contributed by atoms with Crippen molar-refractivity contribution in [2.24, 2.45) is 0 Å². The van der Waals surface area contributed by atoms with Gasteiger partial charge in [-0.05, 0) is 68.6 Å². The summed E-state index contributed by atoms with van der Waals surface area (Å²) in [6, 6.07) is 14.0. The van der Waals surface area contributed by atoms with Crippen molar-refractivity contribution in [1.29, 1.82) is 0 Å². The molecule has 0 spiro atoms. The van der Waals surface area contributed by atoms with E-state index in [1.54, 1.807) is 6.26 Å². The number of anilines is 1. The third-order valence-electron chi connectivity index (χ3n) is 5.53. The molecular weight excluding hydrogens is 330 g/mol. The zero-order chi connectivity index (χ0) is 17.2. The summed E-state index contributed by atoms with van der Waals surface area (Å²) in [6.07, 6.45) is 6.61. The van der Waals surface area contributed by atoms with Gasteiger partial charge in [0.2, 0.25) is 0 Å². The molecule has 132 valence electrons. The Labute approximate surface area is 154 Å². The number of piperidine rings is 1. The predicted molar refractivity (Wildman–Crippen MR) is 105 cm³/mol. The number of hydrogen-bond donors (Lipinski definition) is 2. The number of furan rings is 1. The first-order valence-electron chi connectivity index (χ1n) is 9.10. The van der Waals surface area contributed by atoms with Crippen LogP contribution in [0.1, 0.15) is 37.0 Å². The van der Waals surface area contributed by atoms with Gasteiger partial charge in [0.1, 0.15) is 5.76 Å². The molecule has 25 heavy (non-hydrogen) atoms. The Morgan fingerprint density at radius 2 is 1.92 bits per heavy atom. The average Bonchev–Trinajstić information content (AvgIpc) is 3.17. The van der Waals surface area contributed by atoms with Crippen LogP contribution >= 0.6 is 12.2 Å². The summed E-state index contributed by atoms with van der Waals surface area (Å²) in [5, 5.41) is 7.63. The van der Waals surface area contributed by atoms with E-state index in [0.29, 0.717) is 18.1 Å². The SMILES string of the molecule is Cc1ccccc1NC(=S)NC1C[C@H]2CC[C@@H](C1)N2Cc1ccco1. The Bertz CT molecular complexity index is 716. The van der Waals surface area contributed by atoms with Crippen molar-refractivity contribution in [3.05, 3.63) is 54.0 Å². The van der Waals surface area contributed by atoms with Crippen LogP contribution in [-0.2, 0) is 6.54 Å². The molecule has 1 aromatic heterocycles. The molecule has 0 saturated carbocycles. The van der Waals surface area contributed by atoms with Gasteiger partial charge in [-0.3, -0.25) is 4.90 Å². The van der Waals surface area contributed by atoms with Crippen molar-refractivity contribution in [3.63, 3.8) is 0 Å². The van der Waals surface area contributed by atoms with Crippen molar-refractivity contribution in [3.8, 4) is 0 Å². The van der Waals surface area contributed by atoms with E-state index >= 15 is 0 Å². The van der Waals surface area contributed by atoms with Crippen molar-refractivity contribution in [2.45, 2.75) is 57.3 Å². The molecule has 2 bridgehead atoms. The number of nitrogens with one attached hydrogen (secondary N) is 2. The van der Waals surface area contributed by atoms with E-state index in [1.807, 2.05) is 18.2 Å². The highest BCUT2D eigenvalue weighted by Crippen LogP contribution is 2.36. The molecule has 0 amide bonds. The van der Waals surface area contributed by atoms with Gasteiger partial charge in [0.05, 0.1) is 12.8 Å². The maximum Gasteiger partial charge on any atom is 0.171 e. The van der Waals surface area contributed by atoms with Crippen LogP contribution in [0.15, 0.2) is 47.1 Å². The van der Waals surface area contributed by atoms with Crippen LogP contribution in [0.3, 0.4) is 0 Å². The average molecular weight is 356 g/mol. The quantitative estimate of drug-likeness (QED) is 0.809. The van der Waals surface area contributed by atoms with Crippen LogP contribution in [0.2, 0.25) is 0 Å². The Balaban J connectivity index is 1.33. The third kappa shape index (κ3) is 3.72. The normalized spacial score (nSPS) is 25.7. The minimum Gasteiger partial charge on any atom is -0.468 e. The van der Waals surface area contributed by atoms with Crippen LogP contribution in [-0.4, -0.2) is 28.1 Å². The summed E-state index contributed by atoms with van der Waals surface area (Å²) >= 11 is 5.55. The summed E-state index contributed by atoms with van der Waals surface area (Å²) in [5.74, 6) is 1.07. The van der Waals surface area contributed by atoms with Crippen molar-refractivity contribution < 1.29 is 4.42 Å². The largest absolute Gasteiger partial charge is 0.468 e. The third-order valence-corrected chi connectivity index (χ3v) is 5.75. The lowest BCUT2D eigenvalue weighted by atomic mass is 9.97. The van der Waals surface area contributed by atoms with E-state index in [1.165, 1.54) is 18.4 Å². The molecule has 0 radical (unpaired) electrons. The van der Waals surface area contributed by atoms with E-state index in [0.717, 1.165) is 35.9 Å². The molecule has 2 aromatic rings. The molecule has 3 heterocycles. The molecule has 3 atom stereocenters. The van der Waals surface area contributed by atoms with Gasteiger partial charge in [0, 0.05) is 23.8 Å². The highest BCUT2D eigenvalue weighted by molar-refractivity contribution is 7.80. The first-order chi connectivity index (χ1) is 12.2. The van der Waals surface area contributed by atoms with Gasteiger partial charge in [-0.15, -0.1) is 0 Å². The van der Waals surface area contributed by atoms with Crippen LogP contribution in [0.5, 0.6) is 0 Å². The lowest BCUT2D eigenvalue weighted by Gasteiger charge is -2.39. The molecule has 2 saturated heterocycles. The summed E-state index contributed by atoms with van der Waals surface area (Å²) in [6.45, 7) is 3.03.